The van der Waals surface area contributed by atoms with Crippen LogP contribution in [0.25, 0.3) is 11.3 Å². The lowest BCUT2D eigenvalue weighted by molar-refractivity contribution is 0.0628. The molecule has 0 atom stereocenters. The highest BCUT2D eigenvalue weighted by molar-refractivity contribution is 7.89. The van der Waals surface area contributed by atoms with Crippen molar-refractivity contribution < 1.29 is 17.9 Å². The molecule has 1 aliphatic heterocycles. The maximum atomic E-state index is 13.0. The summed E-state index contributed by atoms with van der Waals surface area (Å²) in [6.45, 7) is 7.94. The van der Waals surface area contributed by atoms with Gasteiger partial charge >= 0.3 is 0 Å². The Hall–Kier alpha value is -2.79. The van der Waals surface area contributed by atoms with Crippen molar-refractivity contribution in [1.29, 1.82) is 0 Å². The summed E-state index contributed by atoms with van der Waals surface area (Å²) < 4.78 is 32.1. The van der Waals surface area contributed by atoms with Crippen molar-refractivity contribution in [3.8, 4) is 17.0 Å². The fourth-order valence-electron chi connectivity index (χ4n) is 4.26. The number of hydrogen-bond acceptors (Lipinski definition) is 7. The maximum Gasteiger partial charge on any atom is 0.253 e. The van der Waals surface area contributed by atoms with Crippen molar-refractivity contribution in [3.05, 3.63) is 64.5 Å². The SMILES string of the molecule is CCN(CC)S(=O)(=O)c1ccc(C(=O)N2CCN(Cc3nc(-c4cccc(OC)c4)cs3)CC2)cc1. The van der Waals surface area contributed by atoms with Crippen LogP contribution < -0.4 is 4.74 Å². The molecule has 36 heavy (non-hydrogen) atoms. The van der Waals surface area contributed by atoms with Crippen LogP contribution in [-0.4, -0.2) is 79.8 Å². The standard InChI is InChI=1S/C26H32N4O4S2/c1-4-30(5-2)36(32,33)23-11-9-20(10-12-23)26(31)29-15-13-28(14-16-29)18-25-27-24(19-35-25)21-7-6-8-22(17-21)34-3/h6-12,17,19H,4-5,13-16,18H2,1-3H3. The average Bonchev–Trinajstić information content (AvgIpc) is 3.38. The molecule has 0 spiro atoms. The molecule has 0 N–H and O–H groups in total. The lowest BCUT2D eigenvalue weighted by atomic mass is 10.1. The summed E-state index contributed by atoms with van der Waals surface area (Å²) in [5, 5.41) is 3.10. The predicted octanol–water partition coefficient (Wildman–Crippen LogP) is 3.81. The molecule has 2 aromatic carbocycles. The lowest BCUT2D eigenvalue weighted by Crippen LogP contribution is -2.48. The van der Waals surface area contributed by atoms with E-state index in [0.29, 0.717) is 31.7 Å². The fraction of sp³-hybridized carbons (Fsp3) is 0.385. The summed E-state index contributed by atoms with van der Waals surface area (Å²) in [6, 6.07) is 14.2. The number of thiazole rings is 1. The molecule has 1 amide bonds. The number of aromatic nitrogens is 1. The molecule has 1 aliphatic rings. The van der Waals surface area contributed by atoms with Gasteiger partial charge < -0.3 is 9.64 Å². The second-order valence-electron chi connectivity index (χ2n) is 8.54. The van der Waals surface area contributed by atoms with Crippen molar-refractivity contribution in [2.24, 2.45) is 0 Å². The monoisotopic (exact) mass is 528 g/mol. The van der Waals surface area contributed by atoms with Gasteiger partial charge in [0.25, 0.3) is 5.91 Å². The topological polar surface area (TPSA) is 83.1 Å². The Bertz CT molecular complexity index is 1280. The smallest absolute Gasteiger partial charge is 0.253 e. The Balaban J connectivity index is 1.33. The van der Waals surface area contributed by atoms with Crippen molar-refractivity contribution in [3.63, 3.8) is 0 Å². The van der Waals surface area contributed by atoms with Crippen molar-refractivity contribution in [1.82, 2.24) is 19.1 Å². The van der Waals surface area contributed by atoms with Gasteiger partial charge in [0.05, 0.1) is 24.2 Å². The van der Waals surface area contributed by atoms with Crippen LogP contribution in [0.15, 0.2) is 58.8 Å². The first-order chi connectivity index (χ1) is 17.3. The van der Waals surface area contributed by atoms with E-state index in [1.807, 2.05) is 43.0 Å². The van der Waals surface area contributed by atoms with Crippen LogP contribution in [-0.2, 0) is 16.6 Å². The van der Waals surface area contributed by atoms with E-state index < -0.39 is 10.0 Å². The molecule has 1 aromatic heterocycles. The Morgan fingerprint density at radius 2 is 1.75 bits per heavy atom. The van der Waals surface area contributed by atoms with Gasteiger partial charge in [-0.2, -0.15) is 4.31 Å². The van der Waals surface area contributed by atoms with E-state index >= 15 is 0 Å². The minimum Gasteiger partial charge on any atom is -0.497 e. The van der Waals surface area contributed by atoms with Gasteiger partial charge in [-0.25, -0.2) is 13.4 Å². The summed E-state index contributed by atoms with van der Waals surface area (Å²) in [5.41, 5.74) is 2.47. The summed E-state index contributed by atoms with van der Waals surface area (Å²) >= 11 is 1.64. The predicted molar refractivity (Wildman–Crippen MR) is 142 cm³/mol. The van der Waals surface area contributed by atoms with Crippen molar-refractivity contribution in [2.45, 2.75) is 25.3 Å². The third kappa shape index (κ3) is 5.78. The van der Waals surface area contributed by atoms with Gasteiger partial charge in [0, 0.05) is 55.8 Å². The third-order valence-corrected chi connectivity index (χ3v) is 9.28. The number of sulfonamides is 1. The van der Waals surface area contributed by atoms with Crippen LogP contribution in [0, 0.1) is 0 Å². The molecule has 0 unspecified atom stereocenters. The lowest BCUT2D eigenvalue weighted by Gasteiger charge is -2.34. The summed E-state index contributed by atoms with van der Waals surface area (Å²) in [5.74, 6) is 0.735. The number of carbonyl (C=O) groups is 1. The van der Waals surface area contributed by atoms with Crippen LogP contribution in [0.3, 0.4) is 0 Å². The second-order valence-corrected chi connectivity index (χ2v) is 11.4. The summed E-state index contributed by atoms with van der Waals surface area (Å²) in [6.07, 6.45) is 0. The minimum atomic E-state index is -3.53. The Morgan fingerprint density at radius 1 is 1.06 bits per heavy atom. The van der Waals surface area contributed by atoms with E-state index in [2.05, 4.69) is 10.3 Å². The number of benzene rings is 2. The van der Waals surface area contributed by atoms with E-state index in [-0.39, 0.29) is 10.8 Å². The van der Waals surface area contributed by atoms with Crippen LogP contribution >= 0.6 is 11.3 Å². The molecule has 192 valence electrons. The molecular formula is C26H32N4O4S2. The number of nitrogens with zero attached hydrogens (tertiary/aromatic N) is 4. The largest absolute Gasteiger partial charge is 0.497 e. The highest BCUT2D eigenvalue weighted by Gasteiger charge is 2.25. The van der Waals surface area contributed by atoms with E-state index in [4.69, 9.17) is 9.72 Å². The zero-order chi connectivity index (χ0) is 25.7. The fourth-order valence-corrected chi connectivity index (χ4v) is 6.57. The first-order valence-corrected chi connectivity index (χ1v) is 14.4. The molecule has 0 bridgehead atoms. The van der Waals surface area contributed by atoms with Gasteiger partial charge in [0.2, 0.25) is 10.0 Å². The quantitative estimate of drug-likeness (QED) is 0.420. The Kier molecular flexibility index (Phi) is 8.40. The summed E-state index contributed by atoms with van der Waals surface area (Å²) in [7, 11) is -1.88. The molecule has 0 aliphatic carbocycles. The maximum absolute atomic E-state index is 13.0. The third-order valence-electron chi connectivity index (χ3n) is 6.38. The average molecular weight is 529 g/mol. The van der Waals surface area contributed by atoms with Crippen molar-refractivity contribution >= 4 is 27.3 Å². The highest BCUT2D eigenvalue weighted by Crippen LogP contribution is 2.26. The second kappa shape index (κ2) is 11.5. The van der Waals surface area contributed by atoms with Crippen LogP contribution in [0.1, 0.15) is 29.2 Å². The van der Waals surface area contributed by atoms with Gasteiger partial charge in [-0.05, 0) is 36.4 Å². The first kappa shape index (κ1) is 26.3. The van der Waals surface area contributed by atoms with Gasteiger partial charge in [-0.15, -0.1) is 11.3 Å². The van der Waals surface area contributed by atoms with E-state index in [0.717, 1.165) is 41.6 Å². The van der Waals surface area contributed by atoms with Gasteiger partial charge in [-0.3, -0.25) is 9.69 Å². The van der Waals surface area contributed by atoms with Gasteiger partial charge in [-0.1, -0.05) is 26.0 Å². The number of amides is 1. The zero-order valence-corrected chi connectivity index (χ0v) is 22.5. The number of rotatable bonds is 9. The zero-order valence-electron chi connectivity index (χ0n) is 20.9. The van der Waals surface area contributed by atoms with Gasteiger partial charge in [0.1, 0.15) is 10.8 Å². The minimum absolute atomic E-state index is 0.0732. The van der Waals surface area contributed by atoms with Crippen LogP contribution in [0.5, 0.6) is 5.75 Å². The van der Waals surface area contributed by atoms with E-state index in [1.165, 1.54) is 16.4 Å². The molecule has 3 aromatic rings. The molecule has 10 heteroatoms. The van der Waals surface area contributed by atoms with Crippen LogP contribution in [0.4, 0.5) is 0 Å². The molecule has 0 saturated carbocycles. The Morgan fingerprint density at radius 3 is 2.39 bits per heavy atom. The molecule has 1 saturated heterocycles. The van der Waals surface area contributed by atoms with Crippen LogP contribution in [0.2, 0.25) is 0 Å². The number of hydrogen-bond donors (Lipinski definition) is 0. The van der Waals surface area contributed by atoms with E-state index in [9.17, 15) is 13.2 Å². The normalized spacial score (nSPS) is 14.8. The number of methoxy groups -OCH3 is 1. The van der Waals surface area contributed by atoms with Gasteiger partial charge in [0.15, 0.2) is 0 Å². The van der Waals surface area contributed by atoms with Crippen molar-refractivity contribution in [2.75, 3.05) is 46.4 Å². The molecule has 4 rings (SSSR count). The molecule has 1 fully saturated rings. The number of piperazine rings is 1. The summed E-state index contributed by atoms with van der Waals surface area (Å²) in [4.78, 5) is 22.1. The molecule has 8 nitrogen and oxygen atoms in total. The molecular weight excluding hydrogens is 496 g/mol. The van der Waals surface area contributed by atoms with E-state index in [1.54, 1.807) is 30.6 Å². The Labute approximate surface area is 217 Å². The number of ether oxygens (including phenoxy) is 1. The molecule has 2 heterocycles. The number of carbonyl (C=O) groups excluding carboxylic acids is 1. The highest BCUT2D eigenvalue weighted by atomic mass is 32.2. The molecule has 0 radical (unpaired) electrons. The first-order valence-electron chi connectivity index (χ1n) is 12.1.